The molecule has 0 unspecified atom stereocenters. The number of halogens is 2. The van der Waals surface area contributed by atoms with Gasteiger partial charge in [-0.25, -0.2) is 4.39 Å². The fraction of sp³-hybridized carbons (Fsp3) is 0.150. The van der Waals surface area contributed by atoms with Crippen molar-refractivity contribution in [2.75, 3.05) is 11.1 Å². The number of nitrogens with zero attached hydrogens (tertiary/aromatic N) is 3. The number of aromatic nitrogens is 3. The van der Waals surface area contributed by atoms with E-state index in [0.717, 1.165) is 11.1 Å². The van der Waals surface area contributed by atoms with E-state index in [1.54, 1.807) is 30.3 Å². The molecule has 0 atom stereocenters. The maximum absolute atomic E-state index is 13.2. The second-order valence-corrected chi connectivity index (χ2v) is 7.38. The number of thioether (sulfide) groups is 1. The van der Waals surface area contributed by atoms with Gasteiger partial charge in [-0.2, -0.15) is 0 Å². The number of hydrogen-bond acceptors (Lipinski definition) is 4. The van der Waals surface area contributed by atoms with Crippen molar-refractivity contribution in [2.24, 2.45) is 0 Å². The Bertz CT molecular complexity index is 1000. The van der Waals surface area contributed by atoms with Crippen LogP contribution >= 0.6 is 23.4 Å². The van der Waals surface area contributed by atoms with Gasteiger partial charge in [-0.3, -0.25) is 9.36 Å². The van der Waals surface area contributed by atoms with E-state index in [4.69, 9.17) is 11.6 Å². The highest BCUT2D eigenvalue weighted by atomic mass is 35.5. The van der Waals surface area contributed by atoms with Crippen LogP contribution in [-0.2, 0) is 11.3 Å². The summed E-state index contributed by atoms with van der Waals surface area (Å²) in [5, 5.41) is 12.2. The number of anilines is 1. The van der Waals surface area contributed by atoms with E-state index in [1.165, 1.54) is 23.9 Å². The molecule has 0 aliphatic rings. The standard InChI is InChI=1S/C20H18ClFN4OS/c1-3-10-26-19(14-5-7-15(22)8-6-14)24-25-20(26)28-12-18(27)23-17-9-4-13(2)11-16(17)21/h3-9,11H,1,10,12H2,2H3,(H,23,27). The molecule has 8 heteroatoms. The summed E-state index contributed by atoms with van der Waals surface area (Å²) in [6, 6.07) is 11.5. The number of benzene rings is 2. The molecule has 0 fully saturated rings. The highest BCUT2D eigenvalue weighted by Gasteiger charge is 2.15. The summed E-state index contributed by atoms with van der Waals surface area (Å²) < 4.78 is 15.0. The van der Waals surface area contributed by atoms with E-state index < -0.39 is 0 Å². The number of carbonyl (C=O) groups excluding carboxylic acids is 1. The Morgan fingerprint density at radius 1 is 1.29 bits per heavy atom. The number of rotatable bonds is 7. The topological polar surface area (TPSA) is 59.8 Å². The molecule has 1 aromatic heterocycles. The van der Waals surface area contributed by atoms with Crippen molar-refractivity contribution in [1.82, 2.24) is 14.8 Å². The zero-order valence-corrected chi connectivity index (χ0v) is 16.7. The van der Waals surface area contributed by atoms with Crippen LogP contribution < -0.4 is 5.32 Å². The Labute approximate surface area is 171 Å². The van der Waals surface area contributed by atoms with Crippen LogP contribution in [0.3, 0.4) is 0 Å². The van der Waals surface area contributed by atoms with E-state index >= 15 is 0 Å². The molecule has 1 heterocycles. The van der Waals surface area contributed by atoms with Gasteiger partial charge in [-0.05, 0) is 48.9 Å². The minimum absolute atomic E-state index is 0.142. The van der Waals surface area contributed by atoms with E-state index in [0.29, 0.717) is 28.2 Å². The van der Waals surface area contributed by atoms with Gasteiger partial charge in [0.15, 0.2) is 11.0 Å². The lowest BCUT2D eigenvalue weighted by Crippen LogP contribution is -2.15. The molecule has 144 valence electrons. The number of nitrogens with one attached hydrogen (secondary N) is 1. The van der Waals surface area contributed by atoms with Gasteiger partial charge in [0.25, 0.3) is 0 Å². The van der Waals surface area contributed by atoms with Crippen molar-refractivity contribution in [2.45, 2.75) is 18.6 Å². The van der Waals surface area contributed by atoms with Crippen molar-refractivity contribution < 1.29 is 9.18 Å². The maximum Gasteiger partial charge on any atom is 0.234 e. The SMILES string of the molecule is C=CCn1c(SCC(=O)Nc2ccc(C)cc2Cl)nnc1-c1ccc(F)cc1. The quantitative estimate of drug-likeness (QED) is 0.436. The van der Waals surface area contributed by atoms with E-state index in [2.05, 4.69) is 22.1 Å². The third-order valence-electron chi connectivity index (χ3n) is 3.86. The molecule has 1 amide bonds. The molecular formula is C20H18ClFN4OS. The third kappa shape index (κ3) is 4.79. The van der Waals surface area contributed by atoms with Crippen molar-refractivity contribution in [1.29, 1.82) is 0 Å². The van der Waals surface area contributed by atoms with Crippen LogP contribution in [0.4, 0.5) is 10.1 Å². The second-order valence-electron chi connectivity index (χ2n) is 6.03. The number of aryl methyl sites for hydroxylation is 1. The lowest BCUT2D eigenvalue weighted by Gasteiger charge is -2.09. The summed E-state index contributed by atoms with van der Waals surface area (Å²) in [6.07, 6.45) is 1.71. The van der Waals surface area contributed by atoms with Crippen LogP contribution in [0.15, 0.2) is 60.3 Å². The van der Waals surface area contributed by atoms with Crippen LogP contribution in [-0.4, -0.2) is 26.4 Å². The zero-order valence-electron chi connectivity index (χ0n) is 15.2. The third-order valence-corrected chi connectivity index (χ3v) is 5.14. The highest BCUT2D eigenvalue weighted by molar-refractivity contribution is 7.99. The molecule has 0 radical (unpaired) electrons. The number of amides is 1. The maximum atomic E-state index is 13.2. The predicted molar refractivity (Wildman–Crippen MR) is 111 cm³/mol. The smallest absolute Gasteiger partial charge is 0.234 e. The van der Waals surface area contributed by atoms with Gasteiger partial charge < -0.3 is 5.32 Å². The molecule has 2 aromatic carbocycles. The van der Waals surface area contributed by atoms with Crippen molar-refractivity contribution in [3.8, 4) is 11.4 Å². The Balaban J connectivity index is 1.72. The highest BCUT2D eigenvalue weighted by Crippen LogP contribution is 2.26. The molecule has 28 heavy (non-hydrogen) atoms. The molecule has 3 aromatic rings. The first-order valence-electron chi connectivity index (χ1n) is 8.46. The Hall–Kier alpha value is -2.64. The minimum Gasteiger partial charge on any atom is -0.324 e. The second kappa shape index (κ2) is 9.03. The lowest BCUT2D eigenvalue weighted by molar-refractivity contribution is -0.113. The average molecular weight is 417 g/mol. The number of hydrogen-bond donors (Lipinski definition) is 1. The van der Waals surface area contributed by atoms with Gasteiger partial charge in [0.2, 0.25) is 5.91 Å². The molecule has 0 bridgehead atoms. The molecule has 0 spiro atoms. The van der Waals surface area contributed by atoms with Crippen molar-refractivity contribution >= 4 is 35.0 Å². The molecule has 0 aliphatic carbocycles. The summed E-state index contributed by atoms with van der Waals surface area (Å²) in [6.45, 7) is 6.15. The Morgan fingerprint density at radius 3 is 2.71 bits per heavy atom. The Morgan fingerprint density at radius 2 is 2.04 bits per heavy atom. The number of carbonyl (C=O) groups is 1. The van der Waals surface area contributed by atoms with Gasteiger partial charge in [-0.1, -0.05) is 35.5 Å². The minimum atomic E-state index is -0.320. The summed E-state index contributed by atoms with van der Waals surface area (Å²) in [5.74, 6) is 0.208. The van der Waals surface area contributed by atoms with E-state index in [1.807, 2.05) is 17.6 Å². The summed E-state index contributed by atoms with van der Waals surface area (Å²) in [7, 11) is 0. The largest absolute Gasteiger partial charge is 0.324 e. The Kier molecular flexibility index (Phi) is 6.49. The van der Waals surface area contributed by atoms with E-state index in [9.17, 15) is 9.18 Å². The lowest BCUT2D eigenvalue weighted by atomic mass is 10.2. The first kappa shape index (κ1) is 20.1. The predicted octanol–water partition coefficient (Wildman–Crippen LogP) is 4.96. The molecule has 3 rings (SSSR count). The summed E-state index contributed by atoms with van der Waals surface area (Å²) >= 11 is 7.41. The van der Waals surface area contributed by atoms with Crippen LogP contribution in [0.2, 0.25) is 5.02 Å². The van der Waals surface area contributed by atoms with Gasteiger partial charge in [-0.15, -0.1) is 16.8 Å². The van der Waals surface area contributed by atoms with Crippen LogP contribution in [0, 0.1) is 12.7 Å². The summed E-state index contributed by atoms with van der Waals surface area (Å²) in [4.78, 5) is 12.3. The van der Waals surface area contributed by atoms with Crippen LogP contribution in [0.25, 0.3) is 11.4 Å². The molecule has 0 saturated heterocycles. The fourth-order valence-corrected chi connectivity index (χ4v) is 3.57. The van der Waals surface area contributed by atoms with Gasteiger partial charge in [0, 0.05) is 12.1 Å². The monoisotopic (exact) mass is 416 g/mol. The number of allylic oxidation sites excluding steroid dienone is 1. The molecule has 1 N–H and O–H groups in total. The van der Waals surface area contributed by atoms with Gasteiger partial charge in [0.1, 0.15) is 5.82 Å². The molecule has 0 saturated carbocycles. The van der Waals surface area contributed by atoms with Crippen molar-refractivity contribution in [3.05, 3.63) is 71.5 Å². The normalized spacial score (nSPS) is 10.7. The van der Waals surface area contributed by atoms with E-state index in [-0.39, 0.29) is 17.5 Å². The molecule has 0 aliphatic heterocycles. The average Bonchev–Trinajstić information content (AvgIpc) is 3.06. The van der Waals surface area contributed by atoms with Crippen molar-refractivity contribution in [3.63, 3.8) is 0 Å². The fourth-order valence-electron chi connectivity index (χ4n) is 2.54. The molecular weight excluding hydrogens is 399 g/mol. The zero-order chi connectivity index (χ0) is 20.1. The van der Waals surface area contributed by atoms with Gasteiger partial charge >= 0.3 is 0 Å². The first-order chi connectivity index (χ1) is 13.5. The summed E-state index contributed by atoms with van der Waals surface area (Å²) in [5.41, 5.74) is 2.32. The van der Waals surface area contributed by atoms with Crippen LogP contribution in [0.5, 0.6) is 0 Å². The van der Waals surface area contributed by atoms with Gasteiger partial charge in [0.05, 0.1) is 16.5 Å². The molecule has 5 nitrogen and oxygen atoms in total. The van der Waals surface area contributed by atoms with Crippen LogP contribution in [0.1, 0.15) is 5.56 Å². The first-order valence-corrected chi connectivity index (χ1v) is 9.83.